The highest BCUT2D eigenvalue weighted by atomic mass is 32.2. The molecule has 1 aromatic rings. The third kappa shape index (κ3) is 3.62. The number of halogens is 4. The molecule has 20 heavy (non-hydrogen) atoms. The molecule has 1 aromatic carbocycles. The average molecular weight is 311 g/mol. The van der Waals surface area contributed by atoms with E-state index in [1.165, 1.54) is 0 Å². The van der Waals surface area contributed by atoms with Crippen molar-refractivity contribution < 1.29 is 26.0 Å². The predicted molar refractivity (Wildman–Crippen MR) is 66.7 cm³/mol. The van der Waals surface area contributed by atoms with E-state index in [2.05, 4.69) is 5.32 Å². The van der Waals surface area contributed by atoms with Crippen molar-refractivity contribution >= 4 is 15.5 Å². The summed E-state index contributed by atoms with van der Waals surface area (Å²) in [7, 11) is -3.03. The summed E-state index contributed by atoms with van der Waals surface area (Å²) in [5, 5.41) is 2.76. The standard InChI is InChI=1S/C12H13F4NO2S/c13-10-7-8(12(14,15)16)1-2-11(10)17-9-3-5-20(18,19)6-4-9/h1-2,7,9,17H,3-6H2. The summed E-state index contributed by atoms with van der Waals surface area (Å²) < 4.78 is 73.3. The van der Waals surface area contributed by atoms with E-state index in [0.717, 1.165) is 12.1 Å². The lowest BCUT2D eigenvalue weighted by atomic mass is 10.1. The molecule has 8 heteroatoms. The molecule has 0 unspecified atom stereocenters. The van der Waals surface area contributed by atoms with E-state index < -0.39 is 27.4 Å². The minimum absolute atomic E-state index is 0.00687. The molecular formula is C12H13F4NO2S. The Labute approximate surface area is 113 Å². The maximum atomic E-state index is 13.6. The van der Waals surface area contributed by atoms with Gasteiger partial charge in [-0.25, -0.2) is 12.8 Å². The summed E-state index contributed by atoms with van der Waals surface area (Å²) >= 11 is 0. The Balaban J connectivity index is 2.08. The fraction of sp³-hybridized carbons (Fsp3) is 0.500. The average Bonchev–Trinajstić information content (AvgIpc) is 2.33. The normalized spacial score (nSPS) is 19.8. The van der Waals surface area contributed by atoms with Crippen molar-refractivity contribution in [1.82, 2.24) is 0 Å². The zero-order chi connectivity index (χ0) is 15.0. The Bertz CT molecular complexity index is 584. The van der Waals surface area contributed by atoms with Gasteiger partial charge in [0.05, 0.1) is 22.8 Å². The van der Waals surface area contributed by atoms with E-state index in [1.807, 2.05) is 0 Å². The van der Waals surface area contributed by atoms with Crippen LogP contribution in [0.5, 0.6) is 0 Å². The molecule has 0 aromatic heterocycles. The number of sulfone groups is 1. The van der Waals surface area contributed by atoms with Gasteiger partial charge in [0.15, 0.2) is 0 Å². The van der Waals surface area contributed by atoms with Crippen LogP contribution < -0.4 is 5.32 Å². The van der Waals surface area contributed by atoms with Crippen LogP contribution in [0.2, 0.25) is 0 Å². The fourth-order valence-electron chi connectivity index (χ4n) is 2.06. The lowest BCUT2D eigenvalue weighted by molar-refractivity contribution is -0.137. The highest BCUT2D eigenvalue weighted by Crippen LogP contribution is 2.31. The number of alkyl halides is 3. The summed E-state index contributed by atoms with van der Waals surface area (Å²) in [5.41, 5.74) is -1.09. The van der Waals surface area contributed by atoms with Crippen molar-refractivity contribution in [3.8, 4) is 0 Å². The minimum Gasteiger partial charge on any atom is -0.380 e. The monoisotopic (exact) mass is 311 g/mol. The van der Waals surface area contributed by atoms with Crippen molar-refractivity contribution in [1.29, 1.82) is 0 Å². The Hall–Kier alpha value is -1.31. The van der Waals surface area contributed by atoms with E-state index in [4.69, 9.17) is 0 Å². The molecule has 2 rings (SSSR count). The van der Waals surface area contributed by atoms with Gasteiger partial charge in [0, 0.05) is 6.04 Å². The molecule has 1 heterocycles. The van der Waals surface area contributed by atoms with Gasteiger partial charge in [-0.3, -0.25) is 0 Å². The molecule has 1 N–H and O–H groups in total. The number of benzene rings is 1. The maximum absolute atomic E-state index is 13.6. The second kappa shape index (κ2) is 5.23. The predicted octanol–water partition coefficient (Wildman–Crippen LogP) is 2.83. The third-order valence-electron chi connectivity index (χ3n) is 3.21. The molecule has 0 bridgehead atoms. The van der Waals surface area contributed by atoms with Crippen LogP contribution in [0.3, 0.4) is 0 Å². The Morgan fingerprint density at radius 2 is 1.75 bits per heavy atom. The molecule has 3 nitrogen and oxygen atoms in total. The summed E-state index contributed by atoms with van der Waals surface area (Å²) in [4.78, 5) is 0. The molecule has 0 aliphatic carbocycles. The highest BCUT2D eigenvalue weighted by Gasteiger charge is 2.31. The topological polar surface area (TPSA) is 46.2 Å². The van der Waals surface area contributed by atoms with Gasteiger partial charge in [-0.1, -0.05) is 0 Å². The molecule has 0 radical (unpaired) electrons. The zero-order valence-corrected chi connectivity index (χ0v) is 11.2. The molecule has 1 fully saturated rings. The number of hydrogen-bond acceptors (Lipinski definition) is 3. The molecule has 1 saturated heterocycles. The molecule has 0 atom stereocenters. The number of anilines is 1. The van der Waals surface area contributed by atoms with Crippen LogP contribution in [0.4, 0.5) is 23.2 Å². The number of nitrogens with one attached hydrogen (secondary N) is 1. The number of hydrogen-bond donors (Lipinski definition) is 1. The first-order chi connectivity index (χ1) is 9.17. The van der Waals surface area contributed by atoms with Crippen LogP contribution in [0.1, 0.15) is 18.4 Å². The molecule has 112 valence electrons. The summed E-state index contributed by atoms with van der Waals surface area (Å²) in [6.45, 7) is 0. The fourth-order valence-corrected chi connectivity index (χ4v) is 3.55. The van der Waals surface area contributed by atoms with Crippen LogP contribution in [-0.4, -0.2) is 26.0 Å². The van der Waals surface area contributed by atoms with Crippen LogP contribution in [0.25, 0.3) is 0 Å². The van der Waals surface area contributed by atoms with E-state index in [0.29, 0.717) is 18.9 Å². The maximum Gasteiger partial charge on any atom is 0.416 e. The second-order valence-electron chi connectivity index (χ2n) is 4.76. The lowest BCUT2D eigenvalue weighted by Gasteiger charge is -2.24. The SMILES string of the molecule is O=S1(=O)CCC(Nc2ccc(C(F)(F)F)cc2F)CC1. The third-order valence-corrected chi connectivity index (χ3v) is 4.93. The minimum atomic E-state index is -4.59. The Morgan fingerprint density at radius 3 is 2.25 bits per heavy atom. The first-order valence-corrected chi connectivity index (χ1v) is 7.83. The second-order valence-corrected chi connectivity index (χ2v) is 7.07. The van der Waals surface area contributed by atoms with Crippen molar-refractivity contribution in [3.05, 3.63) is 29.6 Å². The van der Waals surface area contributed by atoms with Crippen molar-refractivity contribution in [3.63, 3.8) is 0 Å². The van der Waals surface area contributed by atoms with Gasteiger partial charge >= 0.3 is 6.18 Å². The summed E-state index contributed by atoms with van der Waals surface area (Å²) in [6, 6.07) is 2.01. The quantitative estimate of drug-likeness (QED) is 0.854. The summed E-state index contributed by atoms with van der Waals surface area (Å²) in [5.74, 6) is -0.979. The molecule has 0 spiro atoms. The van der Waals surface area contributed by atoms with Crippen molar-refractivity contribution in [2.75, 3.05) is 16.8 Å². The zero-order valence-electron chi connectivity index (χ0n) is 10.4. The van der Waals surface area contributed by atoms with Gasteiger partial charge in [-0.2, -0.15) is 13.2 Å². The van der Waals surface area contributed by atoms with E-state index >= 15 is 0 Å². The van der Waals surface area contributed by atoms with Crippen molar-refractivity contribution in [2.24, 2.45) is 0 Å². The smallest absolute Gasteiger partial charge is 0.380 e. The van der Waals surface area contributed by atoms with Crippen LogP contribution >= 0.6 is 0 Å². The summed E-state index contributed by atoms with van der Waals surface area (Å²) in [6.07, 6.45) is -3.94. The first kappa shape index (κ1) is 15.1. The van der Waals surface area contributed by atoms with Gasteiger partial charge in [-0.15, -0.1) is 0 Å². The Morgan fingerprint density at radius 1 is 1.15 bits per heavy atom. The van der Waals surface area contributed by atoms with Gasteiger partial charge < -0.3 is 5.32 Å². The molecule has 0 saturated carbocycles. The molecule has 0 amide bonds. The van der Waals surface area contributed by atoms with E-state index in [1.54, 1.807) is 0 Å². The molecule has 1 aliphatic rings. The largest absolute Gasteiger partial charge is 0.416 e. The first-order valence-electron chi connectivity index (χ1n) is 6.01. The number of rotatable bonds is 2. The van der Waals surface area contributed by atoms with Crippen molar-refractivity contribution in [2.45, 2.75) is 25.1 Å². The van der Waals surface area contributed by atoms with Gasteiger partial charge in [-0.05, 0) is 31.0 Å². The molecular weight excluding hydrogens is 298 g/mol. The van der Waals surface area contributed by atoms with E-state index in [9.17, 15) is 26.0 Å². The van der Waals surface area contributed by atoms with Crippen LogP contribution in [0, 0.1) is 5.82 Å². The Kier molecular flexibility index (Phi) is 3.95. The van der Waals surface area contributed by atoms with Gasteiger partial charge in [0.25, 0.3) is 0 Å². The highest BCUT2D eigenvalue weighted by molar-refractivity contribution is 7.91. The lowest BCUT2D eigenvalue weighted by Crippen LogP contribution is -2.32. The van der Waals surface area contributed by atoms with Crippen LogP contribution in [-0.2, 0) is 16.0 Å². The molecule has 1 aliphatic heterocycles. The van der Waals surface area contributed by atoms with E-state index in [-0.39, 0.29) is 23.2 Å². The van der Waals surface area contributed by atoms with Crippen LogP contribution in [0.15, 0.2) is 18.2 Å². The van der Waals surface area contributed by atoms with Gasteiger partial charge in [0.2, 0.25) is 0 Å². The van der Waals surface area contributed by atoms with Gasteiger partial charge in [0.1, 0.15) is 15.7 Å².